The molecule has 0 atom stereocenters. The standard InChI is InChI=1S/C7H9NO2/c1-6(5-9)3-4-7(10)8-2/h3-5H,1H2,2H3,(H,8,10)/b4-3-. The van der Waals surface area contributed by atoms with E-state index in [1.165, 1.54) is 19.2 Å². The number of hydrogen-bond acceptors (Lipinski definition) is 2. The molecule has 0 fully saturated rings. The second kappa shape index (κ2) is 4.49. The Bertz CT molecular complexity index is 182. The molecular formula is C7H9NO2. The molecule has 0 aromatic carbocycles. The highest BCUT2D eigenvalue weighted by Crippen LogP contribution is 1.85. The molecule has 10 heavy (non-hydrogen) atoms. The number of carbonyl (C=O) groups excluding carboxylic acids is 2. The fourth-order valence-corrected chi connectivity index (χ4v) is 0.305. The molecular weight excluding hydrogens is 130 g/mol. The van der Waals surface area contributed by atoms with E-state index < -0.39 is 0 Å². The van der Waals surface area contributed by atoms with Crippen molar-refractivity contribution >= 4 is 12.2 Å². The molecule has 54 valence electrons. The second-order valence-electron chi connectivity index (χ2n) is 1.64. The van der Waals surface area contributed by atoms with Gasteiger partial charge in [-0.15, -0.1) is 0 Å². The van der Waals surface area contributed by atoms with Crippen LogP contribution in [0.25, 0.3) is 0 Å². The Morgan fingerprint density at radius 1 is 1.50 bits per heavy atom. The Hall–Kier alpha value is -1.38. The highest BCUT2D eigenvalue weighted by molar-refractivity contribution is 5.89. The van der Waals surface area contributed by atoms with E-state index in [0.717, 1.165) is 0 Å². The van der Waals surface area contributed by atoms with Crippen LogP contribution in [-0.4, -0.2) is 19.2 Å². The third-order valence-corrected chi connectivity index (χ3v) is 0.847. The van der Waals surface area contributed by atoms with E-state index in [1.54, 1.807) is 0 Å². The van der Waals surface area contributed by atoms with E-state index in [9.17, 15) is 9.59 Å². The van der Waals surface area contributed by atoms with Crippen molar-refractivity contribution in [1.82, 2.24) is 5.32 Å². The van der Waals surface area contributed by atoms with Crippen LogP contribution in [0.1, 0.15) is 0 Å². The topological polar surface area (TPSA) is 46.2 Å². The van der Waals surface area contributed by atoms with Crippen LogP contribution in [0.4, 0.5) is 0 Å². The first kappa shape index (κ1) is 8.62. The molecule has 1 N–H and O–H groups in total. The molecule has 0 saturated carbocycles. The summed E-state index contributed by atoms with van der Waals surface area (Å²) < 4.78 is 0. The van der Waals surface area contributed by atoms with E-state index in [0.29, 0.717) is 6.29 Å². The molecule has 0 radical (unpaired) electrons. The van der Waals surface area contributed by atoms with E-state index in [1.807, 2.05) is 0 Å². The quantitative estimate of drug-likeness (QED) is 0.341. The number of allylic oxidation sites excluding steroid dienone is 2. The largest absolute Gasteiger partial charge is 0.356 e. The van der Waals surface area contributed by atoms with Gasteiger partial charge in [-0.25, -0.2) is 0 Å². The number of aldehydes is 1. The van der Waals surface area contributed by atoms with Gasteiger partial charge in [-0.1, -0.05) is 6.58 Å². The van der Waals surface area contributed by atoms with Gasteiger partial charge in [-0.3, -0.25) is 9.59 Å². The van der Waals surface area contributed by atoms with E-state index >= 15 is 0 Å². The highest BCUT2D eigenvalue weighted by Gasteiger charge is 1.87. The van der Waals surface area contributed by atoms with Crippen LogP contribution in [-0.2, 0) is 9.59 Å². The first-order valence-electron chi connectivity index (χ1n) is 2.74. The summed E-state index contributed by atoms with van der Waals surface area (Å²) in [6, 6.07) is 0. The molecule has 3 nitrogen and oxygen atoms in total. The van der Waals surface area contributed by atoms with Crippen molar-refractivity contribution in [2.45, 2.75) is 0 Å². The Labute approximate surface area is 59.4 Å². The number of nitrogens with one attached hydrogen (secondary N) is 1. The second-order valence-corrected chi connectivity index (χ2v) is 1.64. The third-order valence-electron chi connectivity index (χ3n) is 0.847. The van der Waals surface area contributed by atoms with Gasteiger partial charge in [0.2, 0.25) is 5.91 Å². The van der Waals surface area contributed by atoms with E-state index in [4.69, 9.17) is 0 Å². The van der Waals surface area contributed by atoms with Gasteiger partial charge in [0, 0.05) is 18.7 Å². The van der Waals surface area contributed by atoms with Gasteiger partial charge >= 0.3 is 0 Å². The number of carbonyl (C=O) groups is 2. The Kier molecular flexibility index (Phi) is 3.87. The summed E-state index contributed by atoms with van der Waals surface area (Å²) in [5.41, 5.74) is 0.281. The zero-order chi connectivity index (χ0) is 7.98. The van der Waals surface area contributed by atoms with Crippen LogP contribution in [0.3, 0.4) is 0 Å². The van der Waals surface area contributed by atoms with Crippen molar-refractivity contribution in [3.63, 3.8) is 0 Å². The molecule has 0 rings (SSSR count). The third kappa shape index (κ3) is 3.60. The Balaban J connectivity index is 3.87. The van der Waals surface area contributed by atoms with Gasteiger partial charge in [-0.2, -0.15) is 0 Å². The van der Waals surface area contributed by atoms with Crippen molar-refractivity contribution in [3.05, 3.63) is 24.3 Å². The fraction of sp³-hybridized carbons (Fsp3) is 0.143. The summed E-state index contributed by atoms with van der Waals surface area (Å²) >= 11 is 0. The maximum absolute atomic E-state index is 10.5. The molecule has 0 saturated heterocycles. The highest BCUT2D eigenvalue weighted by atomic mass is 16.1. The van der Waals surface area contributed by atoms with Crippen LogP contribution in [0.15, 0.2) is 24.3 Å². The number of likely N-dealkylation sites (N-methyl/N-ethyl adjacent to an activating group) is 1. The minimum absolute atomic E-state index is 0.247. The first-order chi connectivity index (χ1) is 4.70. The molecule has 0 unspecified atom stereocenters. The molecule has 0 spiro atoms. The molecule has 0 aromatic rings. The molecule has 0 aromatic heterocycles. The minimum atomic E-state index is -0.247. The number of amides is 1. The smallest absolute Gasteiger partial charge is 0.243 e. The summed E-state index contributed by atoms with van der Waals surface area (Å²) in [5.74, 6) is -0.247. The lowest BCUT2D eigenvalue weighted by atomic mass is 10.3. The molecule has 0 aliphatic rings. The number of rotatable bonds is 3. The zero-order valence-corrected chi connectivity index (χ0v) is 5.76. The van der Waals surface area contributed by atoms with Gasteiger partial charge < -0.3 is 5.32 Å². The van der Waals surface area contributed by atoms with Gasteiger partial charge in [0.15, 0.2) is 0 Å². The van der Waals surface area contributed by atoms with Gasteiger partial charge in [0.05, 0.1) is 0 Å². The normalized spacial score (nSPS) is 9.30. The Morgan fingerprint density at radius 2 is 2.10 bits per heavy atom. The minimum Gasteiger partial charge on any atom is -0.356 e. The fourth-order valence-electron chi connectivity index (χ4n) is 0.305. The van der Waals surface area contributed by atoms with E-state index in [-0.39, 0.29) is 11.5 Å². The maximum atomic E-state index is 10.5. The van der Waals surface area contributed by atoms with Crippen LogP contribution in [0, 0.1) is 0 Å². The number of hydrogen-bond donors (Lipinski definition) is 1. The van der Waals surface area contributed by atoms with Crippen LogP contribution < -0.4 is 5.32 Å². The van der Waals surface area contributed by atoms with Gasteiger partial charge in [0.1, 0.15) is 6.29 Å². The van der Waals surface area contributed by atoms with Crippen LogP contribution in [0.2, 0.25) is 0 Å². The summed E-state index contributed by atoms with van der Waals surface area (Å²) in [5, 5.41) is 2.36. The van der Waals surface area contributed by atoms with Gasteiger partial charge in [-0.05, 0) is 6.08 Å². The predicted molar refractivity (Wildman–Crippen MR) is 38.4 cm³/mol. The lowest BCUT2D eigenvalue weighted by Gasteiger charge is -1.87. The summed E-state index contributed by atoms with van der Waals surface area (Å²) in [4.78, 5) is 20.4. The predicted octanol–water partition coefficient (Wildman–Crippen LogP) is 0.0437. The first-order valence-corrected chi connectivity index (χ1v) is 2.74. The van der Waals surface area contributed by atoms with E-state index in [2.05, 4.69) is 11.9 Å². The SMILES string of the molecule is C=C(C=O)/C=C\C(=O)NC. The Morgan fingerprint density at radius 3 is 2.50 bits per heavy atom. The van der Waals surface area contributed by atoms with Gasteiger partial charge in [0.25, 0.3) is 0 Å². The molecule has 0 aliphatic carbocycles. The average Bonchev–Trinajstić information content (AvgIpc) is 1.99. The molecule has 0 heterocycles. The lowest BCUT2D eigenvalue weighted by Crippen LogP contribution is -2.14. The molecule has 3 heteroatoms. The summed E-state index contributed by atoms with van der Waals surface area (Å²) in [7, 11) is 1.51. The van der Waals surface area contributed by atoms with Crippen molar-refractivity contribution in [2.75, 3.05) is 7.05 Å². The molecule has 0 aliphatic heterocycles. The summed E-state index contributed by atoms with van der Waals surface area (Å²) in [6.07, 6.45) is 3.18. The average molecular weight is 139 g/mol. The molecule has 1 amide bonds. The summed E-state index contributed by atoms with van der Waals surface area (Å²) in [6.45, 7) is 3.34. The van der Waals surface area contributed by atoms with Crippen LogP contribution in [0.5, 0.6) is 0 Å². The maximum Gasteiger partial charge on any atom is 0.243 e. The van der Waals surface area contributed by atoms with Crippen LogP contribution >= 0.6 is 0 Å². The monoisotopic (exact) mass is 139 g/mol. The van der Waals surface area contributed by atoms with Crippen molar-refractivity contribution in [3.8, 4) is 0 Å². The zero-order valence-electron chi connectivity index (χ0n) is 5.76. The lowest BCUT2D eigenvalue weighted by molar-refractivity contribution is -0.116. The molecule has 0 bridgehead atoms. The van der Waals surface area contributed by atoms with Crippen molar-refractivity contribution < 1.29 is 9.59 Å². The van der Waals surface area contributed by atoms with Crippen molar-refractivity contribution in [1.29, 1.82) is 0 Å². The van der Waals surface area contributed by atoms with Crippen molar-refractivity contribution in [2.24, 2.45) is 0 Å².